The molecule has 0 aliphatic heterocycles. The zero-order chi connectivity index (χ0) is 13.1. The summed E-state index contributed by atoms with van der Waals surface area (Å²) in [5.74, 6) is -2.44. The Labute approximate surface area is 97.8 Å². The van der Waals surface area contributed by atoms with E-state index >= 15 is 0 Å². The summed E-state index contributed by atoms with van der Waals surface area (Å²) in [4.78, 5) is 22.0. The van der Waals surface area contributed by atoms with Crippen molar-refractivity contribution < 1.29 is 22.8 Å². The van der Waals surface area contributed by atoms with Crippen molar-refractivity contribution in [2.75, 3.05) is 0 Å². The second kappa shape index (κ2) is 5.51. The van der Waals surface area contributed by atoms with Gasteiger partial charge in [0.2, 0.25) is 5.91 Å². The molecule has 1 N–H and O–H groups in total. The predicted octanol–water partition coefficient (Wildman–Crippen LogP) is 2.20. The van der Waals surface area contributed by atoms with Gasteiger partial charge in [0.25, 0.3) is 0 Å². The number of carbonyl (C=O) groups excluding carboxylic acids is 2. The molecule has 6 heteroatoms. The Morgan fingerprint density at radius 3 is 2.35 bits per heavy atom. The lowest BCUT2D eigenvalue weighted by atomic mass is 9.84. The molecule has 0 bridgehead atoms. The van der Waals surface area contributed by atoms with Gasteiger partial charge in [0.15, 0.2) is 0 Å². The van der Waals surface area contributed by atoms with E-state index in [4.69, 9.17) is 0 Å². The maximum atomic E-state index is 12.7. The Kier molecular flexibility index (Phi) is 4.54. The largest absolute Gasteiger partial charge is 0.393 e. The van der Waals surface area contributed by atoms with Gasteiger partial charge in [0.05, 0.1) is 12.3 Å². The van der Waals surface area contributed by atoms with E-state index in [2.05, 4.69) is 5.32 Å². The fourth-order valence-electron chi connectivity index (χ4n) is 2.18. The number of nitrogens with one attached hydrogen (secondary N) is 1. The van der Waals surface area contributed by atoms with Crippen LogP contribution in [0.15, 0.2) is 0 Å². The fourth-order valence-corrected chi connectivity index (χ4v) is 2.18. The van der Waals surface area contributed by atoms with Crippen molar-refractivity contribution >= 4 is 11.7 Å². The number of Topliss-reactive ketones (excluding diaryl/α,β-unsaturated/α-hetero) is 1. The molecule has 1 rings (SSSR count). The van der Waals surface area contributed by atoms with E-state index in [-0.39, 0.29) is 18.6 Å². The highest BCUT2D eigenvalue weighted by Gasteiger charge is 2.45. The van der Waals surface area contributed by atoms with Crippen molar-refractivity contribution in [1.82, 2.24) is 5.32 Å². The van der Waals surface area contributed by atoms with Crippen molar-refractivity contribution in [3.05, 3.63) is 0 Å². The van der Waals surface area contributed by atoms with Crippen LogP contribution < -0.4 is 5.32 Å². The number of alkyl halides is 3. The number of ketones is 1. The third kappa shape index (κ3) is 4.36. The van der Waals surface area contributed by atoms with E-state index in [1.165, 1.54) is 6.92 Å². The molecule has 0 aromatic carbocycles. The van der Waals surface area contributed by atoms with Gasteiger partial charge in [-0.05, 0) is 19.8 Å². The van der Waals surface area contributed by atoms with E-state index in [0.717, 1.165) is 0 Å². The molecule has 0 aromatic heterocycles. The lowest BCUT2D eigenvalue weighted by molar-refractivity contribution is -0.189. The molecule has 1 amide bonds. The van der Waals surface area contributed by atoms with Crippen LogP contribution in [0, 0.1) is 5.92 Å². The summed E-state index contributed by atoms with van der Waals surface area (Å²) in [6.07, 6.45) is -3.04. The van der Waals surface area contributed by atoms with Gasteiger partial charge < -0.3 is 5.32 Å². The van der Waals surface area contributed by atoms with Crippen molar-refractivity contribution in [2.24, 2.45) is 5.92 Å². The average Bonchev–Trinajstić information content (AvgIpc) is 2.15. The Balaban J connectivity index is 2.60. The van der Waals surface area contributed by atoms with E-state index in [9.17, 15) is 22.8 Å². The first-order valence-electron chi connectivity index (χ1n) is 5.66. The van der Waals surface area contributed by atoms with Crippen LogP contribution in [-0.2, 0) is 9.59 Å². The van der Waals surface area contributed by atoms with Crippen LogP contribution in [0.3, 0.4) is 0 Å². The summed E-state index contributed by atoms with van der Waals surface area (Å²) in [6, 6.07) is -0.879. The van der Waals surface area contributed by atoms with Crippen LogP contribution in [0.2, 0.25) is 0 Å². The molecule has 1 fully saturated rings. The van der Waals surface area contributed by atoms with Crippen LogP contribution in [0.25, 0.3) is 0 Å². The fraction of sp³-hybridized carbons (Fsp3) is 0.818. The van der Waals surface area contributed by atoms with Crippen molar-refractivity contribution in [3.8, 4) is 0 Å². The van der Waals surface area contributed by atoms with Crippen LogP contribution in [0.5, 0.6) is 0 Å². The first kappa shape index (κ1) is 14.0. The number of halogens is 3. The van der Waals surface area contributed by atoms with E-state index in [1.54, 1.807) is 0 Å². The van der Waals surface area contributed by atoms with Gasteiger partial charge in [0, 0.05) is 6.04 Å². The number of hydrogen-bond donors (Lipinski definition) is 1. The highest BCUT2D eigenvalue weighted by molar-refractivity contribution is 5.96. The Morgan fingerprint density at radius 1 is 1.24 bits per heavy atom. The molecule has 0 saturated heterocycles. The smallest absolute Gasteiger partial charge is 0.352 e. The van der Waals surface area contributed by atoms with E-state index in [0.29, 0.717) is 19.3 Å². The summed E-state index contributed by atoms with van der Waals surface area (Å²) in [7, 11) is 0. The van der Waals surface area contributed by atoms with Crippen LogP contribution in [-0.4, -0.2) is 23.9 Å². The molecule has 2 atom stereocenters. The van der Waals surface area contributed by atoms with Crippen molar-refractivity contribution in [3.63, 3.8) is 0 Å². The van der Waals surface area contributed by atoms with Crippen LogP contribution >= 0.6 is 0 Å². The van der Waals surface area contributed by atoms with Crippen LogP contribution in [0.4, 0.5) is 13.2 Å². The van der Waals surface area contributed by atoms with Gasteiger partial charge in [-0.3, -0.25) is 9.59 Å². The number of rotatable bonds is 3. The molecule has 0 radical (unpaired) electrons. The average molecular weight is 251 g/mol. The van der Waals surface area contributed by atoms with Gasteiger partial charge in [-0.2, -0.15) is 13.2 Å². The zero-order valence-electron chi connectivity index (χ0n) is 9.64. The third-order valence-electron chi connectivity index (χ3n) is 2.94. The summed E-state index contributed by atoms with van der Waals surface area (Å²) in [6.45, 7) is 1.24. The molecule has 17 heavy (non-hydrogen) atoms. The monoisotopic (exact) mass is 251 g/mol. The molecule has 3 nitrogen and oxygen atoms in total. The minimum absolute atomic E-state index is 0.0501. The summed E-state index contributed by atoms with van der Waals surface area (Å²) < 4.78 is 38.1. The molecule has 1 aliphatic rings. The molecular weight excluding hydrogens is 235 g/mol. The molecule has 0 heterocycles. The lowest BCUT2D eigenvalue weighted by Gasteiger charge is -2.33. The topological polar surface area (TPSA) is 46.2 Å². The molecule has 1 saturated carbocycles. The highest BCUT2D eigenvalue weighted by atomic mass is 19.4. The maximum Gasteiger partial charge on any atom is 0.393 e. The highest BCUT2D eigenvalue weighted by Crippen LogP contribution is 2.37. The second-order valence-electron chi connectivity index (χ2n) is 4.49. The Bertz CT molecular complexity index is 302. The molecule has 0 aromatic rings. The molecule has 98 valence electrons. The SMILES string of the molecule is CC(=O)CC(=O)NC1CCCCC1C(F)(F)F. The molecule has 2 unspecified atom stereocenters. The third-order valence-corrected chi connectivity index (χ3v) is 2.94. The standard InChI is InChI=1S/C11H16F3NO2/c1-7(16)6-10(17)15-9-5-3-2-4-8(9)11(12,13)14/h8-9H,2-6H2,1H3,(H,15,17). The van der Waals surface area contributed by atoms with Crippen molar-refractivity contribution in [2.45, 2.75) is 51.2 Å². The first-order chi connectivity index (χ1) is 7.80. The molecule has 0 spiro atoms. The van der Waals surface area contributed by atoms with Gasteiger partial charge in [-0.15, -0.1) is 0 Å². The molecular formula is C11H16F3NO2. The second-order valence-corrected chi connectivity index (χ2v) is 4.49. The lowest BCUT2D eigenvalue weighted by Crippen LogP contribution is -2.47. The van der Waals surface area contributed by atoms with Gasteiger partial charge >= 0.3 is 6.18 Å². The van der Waals surface area contributed by atoms with Crippen molar-refractivity contribution in [1.29, 1.82) is 0 Å². The quantitative estimate of drug-likeness (QED) is 0.782. The minimum atomic E-state index is -4.28. The molecule has 1 aliphatic carbocycles. The zero-order valence-corrected chi connectivity index (χ0v) is 9.64. The van der Waals surface area contributed by atoms with E-state index in [1.807, 2.05) is 0 Å². The Hall–Kier alpha value is -1.07. The van der Waals surface area contributed by atoms with E-state index < -0.39 is 24.0 Å². The number of amides is 1. The van der Waals surface area contributed by atoms with Gasteiger partial charge in [-0.1, -0.05) is 12.8 Å². The summed E-state index contributed by atoms with van der Waals surface area (Å²) in [5.41, 5.74) is 0. The number of carbonyl (C=O) groups is 2. The van der Waals surface area contributed by atoms with Gasteiger partial charge in [-0.25, -0.2) is 0 Å². The minimum Gasteiger partial charge on any atom is -0.352 e. The predicted molar refractivity (Wildman–Crippen MR) is 55.2 cm³/mol. The maximum absolute atomic E-state index is 12.7. The summed E-state index contributed by atoms with van der Waals surface area (Å²) >= 11 is 0. The number of hydrogen-bond acceptors (Lipinski definition) is 2. The Morgan fingerprint density at radius 2 is 1.82 bits per heavy atom. The van der Waals surface area contributed by atoms with Gasteiger partial charge in [0.1, 0.15) is 5.78 Å². The summed E-state index contributed by atoms with van der Waals surface area (Å²) in [5, 5.41) is 2.33. The normalized spacial score (nSPS) is 25.4. The van der Waals surface area contributed by atoms with Crippen LogP contribution in [0.1, 0.15) is 39.0 Å². The first-order valence-corrected chi connectivity index (χ1v) is 5.66.